The summed E-state index contributed by atoms with van der Waals surface area (Å²) in [5.41, 5.74) is 2.43. The van der Waals surface area contributed by atoms with Crippen LogP contribution in [0.15, 0.2) is 12.1 Å². The molecule has 1 unspecified atom stereocenters. The molecule has 0 aromatic carbocycles. The first kappa shape index (κ1) is 17.2. The highest BCUT2D eigenvalue weighted by atomic mass is 15.2. The van der Waals surface area contributed by atoms with E-state index >= 15 is 0 Å². The minimum absolute atomic E-state index is 0.347. The average Bonchev–Trinajstić information content (AvgIpc) is 2.87. The van der Waals surface area contributed by atoms with Gasteiger partial charge in [-0.15, -0.1) is 0 Å². The smallest absolute Gasteiger partial charge is 0.157 e. The number of hydrogen-bond donors (Lipinski definition) is 2. The molecule has 1 aliphatic rings. The predicted molar refractivity (Wildman–Crippen MR) is 101 cm³/mol. The van der Waals surface area contributed by atoms with Crippen LogP contribution in [0.25, 0.3) is 11.0 Å². The molecule has 0 saturated carbocycles. The van der Waals surface area contributed by atoms with E-state index in [1.165, 1.54) is 25.1 Å². The maximum atomic E-state index is 4.87. The summed E-state index contributed by atoms with van der Waals surface area (Å²) >= 11 is 0. The molecule has 2 aromatic heterocycles. The number of fused-ring (bicyclic) bond motifs is 1. The molecule has 0 bridgehead atoms. The Bertz CT molecular complexity index is 683. The molecule has 0 aliphatic carbocycles. The fourth-order valence-electron chi connectivity index (χ4n) is 3.64. The third kappa shape index (κ3) is 4.07. The molecule has 0 amide bonds. The van der Waals surface area contributed by atoms with Crippen molar-refractivity contribution in [3.63, 3.8) is 0 Å². The van der Waals surface area contributed by atoms with E-state index < -0.39 is 0 Å². The van der Waals surface area contributed by atoms with Gasteiger partial charge in [-0.25, -0.2) is 4.98 Å². The summed E-state index contributed by atoms with van der Waals surface area (Å²) in [6.07, 6.45) is 2.48. The monoisotopic (exact) mass is 329 g/mol. The van der Waals surface area contributed by atoms with Gasteiger partial charge in [0.2, 0.25) is 0 Å². The molecule has 0 radical (unpaired) electrons. The van der Waals surface area contributed by atoms with Crippen LogP contribution in [0.5, 0.6) is 0 Å². The van der Waals surface area contributed by atoms with Crippen molar-refractivity contribution >= 4 is 16.9 Å². The average molecular weight is 329 g/mol. The lowest BCUT2D eigenvalue weighted by atomic mass is 9.90. The van der Waals surface area contributed by atoms with Gasteiger partial charge < -0.3 is 10.2 Å². The van der Waals surface area contributed by atoms with E-state index in [1.54, 1.807) is 0 Å². The number of aromatic nitrogens is 3. The normalized spacial score (nSPS) is 20.0. The van der Waals surface area contributed by atoms with Gasteiger partial charge in [0, 0.05) is 30.7 Å². The van der Waals surface area contributed by atoms with Crippen LogP contribution in [0.3, 0.4) is 0 Å². The summed E-state index contributed by atoms with van der Waals surface area (Å²) < 4.78 is 0. The van der Waals surface area contributed by atoms with E-state index in [2.05, 4.69) is 67.2 Å². The first-order valence-corrected chi connectivity index (χ1v) is 9.16. The zero-order chi connectivity index (χ0) is 17.3. The molecule has 1 atom stereocenters. The molecule has 5 heteroatoms. The number of anilines is 1. The van der Waals surface area contributed by atoms with E-state index in [4.69, 9.17) is 4.98 Å². The predicted octanol–water partition coefficient (Wildman–Crippen LogP) is 4.00. The second-order valence-corrected chi connectivity index (χ2v) is 8.64. The maximum Gasteiger partial charge on any atom is 0.157 e. The Morgan fingerprint density at radius 3 is 2.83 bits per heavy atom. The van der Waals surface area contributed by atoms with E-state index in [0.29, 0.717) is 17.4 Å². The number of pyridine rings is 1. The fourth-order valence-corrected chi connectivity index (χ4v) is 3.64. The largest absolute Gasteiger partial charge is 0.366 e. The summed E-state index contributed by atoms with van der Waals surface area (Å²) in [6, 6.07) is 4.71. The summed E-state index contributed by atoms with van der Waals surface area (Å²) in [4.78, 5) is 7.47. The van der Waals surface area contributed by atoms with E-state index in [0.717, 1.165) is 29.9 Å². The summed E-state index contributed by atoms with van der Waals surface area (Å²) in [6.45, 7) is 14.7. The lowest BCUT2D eigenvalue weighted by molar-refractivity contribution is 0.150. The molecule has 2 aromatic rings. The van der Waals surface area contributed by atoms with E-state index in [-0.39, 0.29) is 0 Å². The van der Waals surface area contributed by atoms with Crippen LogP contribution in [0, 0.1) is 5.41 Å². The van der Waals surface area contributed by atoms with Crippen LogP contribution in [0.2, 0.25) is 0 Å². The van der Waals surface area contributed by atoms with Crippen LogP contribution >= 0.6 is 0 Å². The number of aromatic amines is 1. The Labute approximate surface area is 145 Å². The summed E-state index contributed by atoms with van der Waals surface area (Å²) in [5.74, 6) is 1.42. The van der Waals surface area contributed by atoms with Crippen molar-refractivity contribution < 1.29 is 0 Å². The van der Waals surface area contributed by atoms with Crippen molar-refractivity contribution in [1.82, 2.24) is 20.1 Å². The number of nitrogens with zero attached hydrogens (tertiary/aromatic N) is 3. The lowest BCUT2D eigenvalue weighted by Gasteiger charge is -2.36. The fraction of sp³-hybridized carbons (Fsp3) is 0.684. The SMILES string of the molecule is CC(C)Nc1n[nH]c2nc(C3CCCN(CC(C)(C)C)C3)ccc12. The molecule has 1 fully saturated rings. The molecule has 24 heavy (non-hydrogen) atoms. The van der Waals surface area contributed by atoms with E-state index in [1.807, 2.05) is 0 Å². The van der Waals surface area contributed by atoms with Crippen LogP contribution in [-0.2, 0) is 0 Å². The second kappa shape index (κ2) is 6.71. The number of hydrogen-bond acceptors (Lipinski definition) is 4. The van der Waals surface area contributed by atoms with Crippen LogP contribution < -0.4 is 5.32 Å². The van der Waals surface area contributed by atoms with Crippen molar-refractivity contribution in [2.24, 2.45) is 5.41 Å². The van der Waals surface area contributed by atoms with Crippen LogP contribution in [-0.4, -0.2) is 45.8 Å². The highest BCUT2D eigenvalue weighted by Crippen LogP contribution is 2.30. The van der Waals surface area contributed by atoms with Gasteiger partial charge in [0.05, 0.1) is 5.39 Å². The number of piperidine rings is 1. The van der Waals surface area contributed by atoms with Gasteiger partial charge in [-0.3, -0.25) is 5.10 Å². The minimum Gasteiger partial charge on any atom is -0.366 e. The number of nitrogens with one attached hydrogen (secondary N) is 2. The van der Waals surface area contributed by atoms with Crippen LogP contribution in [0.4, 0.5) is 5.82 Å². The summed E-state index contributed by atoms with van der Waals surface area (Å²) in [7, 11) is 0. The molecular weight excluding hydrogens is 298 g/mol. The summed E-state index contributed by atoms with van der Waals surface area (Å²) in [5, 5.41) is 11.9. The Morgan fingerprint density at radius 2 is 2.12 bits per heavy atom. The molecular formula is C19H31N5. The number of rotatable bonds is 4. The van der Waals surface area contributed by atoms with Gasteiger partial charge in [0.25, 0.3) is 0 Å². The third-order valence-corrected chi connectivity index (χ3v) is 4.49. The molecule has 0 spiro atoms. The van der Waals surface area contributed by atoms with Crippen molar-refractivity contribution in [2.75, 3.05) is 25.0 Å². The Morgan fingerprint density at radius 1 is 1.33 bits per heavy atom. The van der Waals surface area contributed by atoms with Crippen molar-refractivity contribution in [3.8, 4) is 0 Å². The number of likely N-dealkylation sites (tertiary alicyclic amines) is 1. The number of H-pyrrole nitrogens is 1. The van der Waals surface area contributed by atoms with Gasteiger partial charge in [-0.05, 0) is 50.8 Å². The van der Waals surface area contributed by atoms with E-state index in [9.17, 15) is 0 Å². The molecule has 1 aliphatic heterocycles. The molecule has 1 saturated heterocycles. The zero-order valence-corrected chi connectivity index (χ0v) is 15.7. The van der Waals surface area contributed by atoms with Gasteiger partial charge >= 0.3 is 0 Å². The van der Waals surface area contributed by atoms with Crippen LogP contribution in [0.1, 0.15) is 59.1 Å². The first-order chi connectivity index (χ1) is 11.3. The topological polar surface area (TPSA) is 56.8 Å². The second-order valence-electron chi connectivity index (χ2n) is 8.64. The highest BCUT2D eigenvalue weighted by Gasteiger charge is 2.25. The molecule has 5 nitrogen and oxygen atoms in total. The van der Waals surface area contributed by atoms with Crippen molar-refractivity contribution in [1.29, 1.82) is 0 Å². The first-order valence-electron chi connectivity index (χ1n) is 9.16. The van der Waals surface area contributed by atoms with Gasteiger partial charge in [-0.2, -0.15) is 5.10 Å². The van der Waals surface area contributed by atoms with Crippen molar-refractivity contribution in [3.05, 3.63) is 17.8 Å². The zero-order valence-electron chi connectivity index (χ0n) is 15.7. The Hall–Kier alpha value is -1.62. The van der Waals surface area contributed by atoms with Gasteiger partial charge in [-0.1, -0.05) is 20.8 Å². The molecule has 132 valence electrons. The lowest BCUT2D eigenvalue weighted by Crippen LogP contribution is -2.39. The molecule has 2 N–H and O–H groups in total. The molecule has 3 rings (SSSR count). The highest BCUT2D eigenvalue weighted by molar-refractivity contribution is 5.87. The van der Waals surface area contributed by atoms with Gasteiger partial charge in [0.15, 0.2) is 11.5 Å². The van der Waals surface area contributed by atoms with Gasteiger partial charge in [0.1, 0.15) is 0 Å². The quantitative estimate of drug-likeness (QED) is 0.890. The standard InChI is InChI=1S/C19H31N5/c1-13(2)20-17-15-8-9-16(21-18(15)23-22-17)14-7-6-10-24(11-14)12-19(3,4)5/h8-9,13-14H,6-7,10-12H2,1-5H3,(H2,20,21,22,23). The minimum atomic E-state index is 0.347. The Kier molecular flexibility index (Phi) is 4.81. The maximum absolute atomic E-state index is 4.87. The molecule has 3 heterocycles. The third-order valence-electron chi connectivity index (χ3n) is 4.49. The van der Waals surface area contributed by atoms with Crippen molar-refractivity contribution in [2.45, 2.75) is 59.4 Å². The Balaban J connectivity index is 1.77.